The lowest BCUT2D eigenvalue weighted by atomic mass is 10.2. The first-order valence-corrected chi connectivity index (χ1v) is 5.96. The van der Waals surface area contributed by atoms with Crippen LogP contribution in [0.1, 0.15) is 11.4 Å². The molecular weight excluding hydrogens is 250 g/mol. The molecule has 1 aromatic carbocycles. The van der Waals surface area contributed by atoms with Gasteiger partial charge in [0.25, 0.3) is 0 Å². The Morgan fingerprint density at radius 2 is 2.00 bits per heavy atom. The van der Waals surface area contributed by atoms with Crippen molar-refractivity contribution in [3.63, 3.8) is 0 Å². The van der Waals surface area contributed by atoms with Crippen molar-refractivity contribution in [2.45, 2.75) is 13.2 Å². The molecule has 0 amide bonds. The number of nitrogens with one attached hydrogen (secondary N) is 1. The van der Waals surface area contributed by atoms with E-state index in [1.807, 2.05) is 30.3 Å². The largest absolute Gasteiger partial charge is 0.377 e. The number of rotatable bonds is 5. The van der Waals surface area contributed by atoms with Gasteiger partial charge in [-0.05, 0) is 5.56 Å². The van der Waals surface area contributed by atoms with Crippen LogP contribution in [0.4, 0.5) is 5.82 Å². The summed E-state index contributed by atoms with van der Waals surface area (Å²) in [4.78, 5) is 8.37. The highest BCUT2D eigenvalue weighted by molar-refractivity contribution is 6.29. The first-order valence-electron chi connectivity index (χ1n) is 5.58. The van der Waals surface area contributed by atoms with Crippen LogP contribution >= 0.6 is 11.6 Å². The Morgan fingerprint density at radius 1 is 1.22 bits per heavy atom. The van der Waals surface area contributed by atoms with E-state index in [9.17, 15) is 0 Å². The van der Waals surface area contributed by atoms with Crippen molar-refractivity contribution in [1.82, 2.24) is 9.97 Å². The fourth-order valence-corrected chi connectivity index (χ4v) is 1.74. The lowest BCUT2D eigenvalue weighted by molar-refractivity contribution is 0.178. The van der Waals surface area contributed by atoms with Gasteiger partial charge in [-0.3, -0.25) is 0 Å². The van der Waals surface area contributed by atoms with Crippen molar-refractivity contribution in [3.8, 4) is 0 Å². The van der Waals surface area contributed by atoms with E-state index in [1.54, 1.807) is 13.2 Å². The van der Waals surface area contributed by atoms with E-state index < -0.39 is 0 Å². The smallest absolute Gasteiger partial charge is 0.158 e. The number of halogens is 1. The molecular formula is C13H14ClN3O. The molecule has 1 aromatic heterocycles. The van der Waals surface area contributed by atoms with Gasteiger partial charge in [-0.2, -0.15) is 0 Å². The average Bonchev–Trinajstić information content (AvgIpc) is 2.37. The number of nitrogens with zero attached hydrogens (tertiary/aromatic N) is 2. The molecule has 18 heavy (non-hydrogen) atoms. The predicted octanol–water partition coefficient (Wildman–Crippen LogP) is 2.89. The number of aromatic nitrogens is 2. The summed E-state index contributed by atoms with van der Waals surface area (Å²) >= 11 is 5.92. The molecule has 1 heterocycles. The third-order valence-corrected chi connectivity index (χ3v) is 2.52. The van der Waals surface area contributed by atoms with E-state index in [-0.39, 0.29) is 0 Å². The molecule has 0 saturated heterocycles. The summed E-state index contributed by atoms with van der Waals surface area (Å²) in [5, 5.41) is 3.62. The maximum absolute atomic E-state index is 5.92. The molecule has 0 spiro atoms. The van der Waals surface area contributed by atoms with Gasteiger partial charge in [0.1, 0.15) is 17.6 Å². The van der Waals surface area contributed by atoms with Gasteiger partial charge in [0.05, 0.1) is 0 Å². The van der Waals surface area contributed by atoms with Gasteiger partial charge in [-0.15, -0.1) is 0 Å². The van der Waals surface area contributed by atoms with Crippen LogP contribution < -0.4 is 5.32 Å². The van der Waals surface area contributed by atoms with E-state index >= 15 is 0 Å². The molecule has 0 radical (unpaired) electrons. The zero-order valence-corrected chi connectivity index (χ0v) is 10.8. The van der Waals surface area contributed by atoms with Gasteiger partial charge < -0.3 is 10.1 Å². The van der Waals surface area contributed by atoms with Gasteiger partial charge in [0.2, 0.25) is 0 Å². The number of hydrogen-bond donors (Lipinski definition) is 1. The van der Waals surface area contributed by atoms with Gasteiger partial charge in [-0.1, -0.05) is 41.9 Å². The Kier molecular flexibility index (Phi) is 4.50. The highest BCUT2D eigenvalue weighted by Gasteiger charge is 2.02. The zero-order valence-electron chi connectivity index (χ0n) is 10.1. The van der Waals surface area contributed by atoms with Crippen molar-refractivity contribution >= 4 is 17.4 Å². The molecule has 0 bridgehead atoms. The lowest BCUT2D eigenvalue weighted by Crippen LogP contribution is -2.05. The molecule has 0 unspecified atom stereocenters. The molecule has 1 N–H and O–H groups in total. The minimum absolute atomic E-state index is 0.348. The first-order chi connectivity index (χ1) is 8.78. The molecule has 0 saturated carbocycles. The highest BCUT2D eigenvalue weighted by Crippen LogP contribution is 2.13. The van der Waals surface area contributed by atoms with Crippen LogP contribution in [0.5, 0.6) is 0 Å². The quantitative estimate of drug-likeness (QED) is 0.843. The molecule has 94 valence electrons. The van der Waals surface area contributed by atoms with Crippen molar-refractivity contribution in [1.29, 1.82) is 0 Å². The minimum Gasteiger partial charge on any atom is -0.377 e. The Morgan fingerprint density at radius 3 is 2.72 bits per heavy atom. The standard InChI is InChI=1S/C13H14ClN3O/c1-18-9-13-16-11(14)7-12(17-13)15-8-10-5-3-2-4-6-10/h2-7H,8-9H2,1H3,(H,15,16,17). The van der Waals surface area contributed by atoms with Gasteiger partial charge in [0.15, 0.2) is 5.82 Å². The van der Waals surface area contributed by atoms with E-state index in [0.29, 0.717) is 29.9 Å². The molecule has 2 rings (SSSR count). The van der Waals surface area contributed by atoms with E-state index in [4.69, 9.17) is 16.3 Å². The number of benzene rings is 1. The minimum atomic E-state index is 0.348. The van der Waals surface area contributed by atoms with E-state index in [2.05, 4.69) is 15.3 Å². The Balaban J connectivity index is 2.05. The lowest BCUT2D eigenvalue weighted by Gasteiger charge is -2.07. The SMILES string of the molecule is COCc1nc(Cl)cc(NCc2ccccc2)n1. The second-order valence-corrected chi connectivity index (χ2v) is 4.15. The molecule has 0 aliphatic carbocycles. The van der Waals surface area contributed by atoms with Crippen LogP contribution in [-0.2, 0) is 17.9 Å². The molecule has 0 aliphatic rings. The highest BCUT2D eigenvalue weighted by atomic mass is 35.5. The Labute approximate surface area is 111 Å². The van der Waals surface area contributed by atoms with Gasteiger partial charge in [-0.25, -0.2) is 9.97 Å². The fraction of sp³-hybridized carbons (Fsp3) is 0.231. The molecule has 0 fully saturated rings. The fourth-order valence-electron chi connectivity index (χ4n) is 1.54. The summed E-state index contributed by atoms with van der Waals surface area (Å²) < 4.78 is 4.99. The maximum Gasteiger partial charge on any atom is 0.158 e. The number of hydrogen-bond acceptors (Lipinski definition) is 4. The molecule has 5 heteroatoms. The normalized spacial score (nSPS) is 10.3. The summed E-state index contributed by atoms with van der Waals surface area (Å²) in [6, 6.07) is 11.8. The number of anilines is 1. The molecule has 0 atom stereocenters. The van der Waals surface area contributed by atoms with Gasteiger partial charge >= 0.3 is 0 Å². The number of methoxy groups -OCH3 is 1. The Bertz CT molecular complexity index is 505. The third kappa shape index (κ3) is 3.68. The number of ether oxygens (including phenoxy) is 1. The monoisotopic (exact) mass is 263 g/mol. The summed E-state index contributed by atoms with van der Waals surface area (Å²) in [5.74, 6) is 1.27. The van der Waals surface area contributed by atoms with Crippen LogP contribution in [0.2, 0.25) is 5.15 Å². The predicted molar refractivity (Wildman–Crippen MR) is 71.5 cm³/mol. The van der Waals surface area contributed by atoms with Crippen molar-refractivity contribution < 1.29 is 4.74 Å². The van der Waals surface area contributed by atoms with E-state index in [1.165, 1.54) is 5.56 Å². The topological polar surface area (TPSA) is 47.0 Å². The van der Waals surface area contributed by atoms with Crippen LogP contribution in [-0.4, -0.2) is 17.1 Å². The summed E-state index contributed by atoms with van der Waals surface area (Å²) in [6.07, 6.45) is 0. The van der Waals surface area contributed by atoms with Crippen LogP contribution in [0.15, 0.2) is 36.4 Å². The Hall–Kier alpha value is -1.65. The van der Waals surface area contributed by atoms with Crippen molar-refractivity contribution in [2.24, 2.45) is 0 Å². The zero-order chi connectivity index (χ0) is 12.8. The molecule has 4 nitrogen and oxygen atoms in total. The second kappa shape index (κ2) is 6.33. The van der Waals surface area contributed by atoms with Crippen molar-refractivity contribution in [3.05, 3.63) is 52.9 Å². The van der Waals surface area contributed by atoms with Crippen molar-refractivity contribution in [2.75, 3.05) is 12.4 Å². The van der Waals surface area contributed by atoms with Crippen LogP contribution in [0.3, 0.4) is 0 Å². The van der Waals surface area contributed by atoms with Crippen LogP contribution in [0.25, 0.3) is 0 Å². The van der Waals surface area contributed by atoms with Gasteiger partial charge in [0, 0.05) is 19.7 Å². The maximum atomic E-state index is 5.92. The average molecular weight is 264 g/mol. The molecule has 2 aromatic rings. The third-order valence-electron chi connectivity index (χ3n) is 2.33. The van der Waals surface area contributed by atoms with E-state index in [0.717, 1.165) is 0 Å². The summed E-state index contributed by atoms with van der Waals surface area (Å²) in [7, 11) is 1.60. The summed E-state index contributed by atoms with van der Waals surface area (Å²) in [5.41, 5.74) is 1.18. The molecule has 0 aliphatic heterocycles. The summed E-state index contributed by atoms with van der Waals surface area (Å²) in [6.45, 7) is 1.04. The van der Waals surface area contributed by atoms with Crippen LogP contribution in [0, 0.1) is 0 Å². The second-order valence-electron chi connectivity index (χ2n) is 3.76. The first kappa shape index (κ1) is 12.8.